The molecule has 0 aromatic rings. The van der Waals surface area contributed by atoms with Gasteiger partial charge in [-0.05, 0) is 26.7 Å². The van der Waals surface area contributed by atoms with Gasteiger partial charge in [-0.25, -0.2) is 0 Å². The molecule has 0 aromatic carbocycles. The fourth-order valence-electron chi connectivity index (χ4n) is 2.35. The Hall–Kier alpha value is -1.50. The van der Waals surface area contributed by atoms with Gasteiger partial charge in [0.25, 0.3) is 0 Å². The van der Waals surface area contributed by atoms with Crippen molar-refractivity contribution in [1.29, 1.82) is 0 Å². The zero-order valence-electron chi connectivity index (χ0n) is 11.6. The van der Waals surface area contributed by atoms with Crippen LogP contribution in [0.25, 0.3) is 0 Å². The number of carbonyl (C=O) groups excluding carboxylic acids is 2. The molecule has 1 N–H and O–H groups in total. The number of carbonyl (C=O) groups is 2. The van der Waals surface area contributed by atoms with Gasteiger partial charge in [-0.2, -0.15) is 0 Å². The number of nitrogens with zero attached hydrogens (tertiary/aromatic N) is 1. The molecule has 0 saturated carbocycles. The Balaban J connectivity index is 3.12. The van der Waals surface area contributed by atoms with Gasteiger partial charge in [0.15, 0.2) is 0 Å². The number of amides is 2. The molecule has 0 aliphatic carbocycles. The van der Waals surface area contributed by atoms with E-state index in [9.17, 15) is 9.59 Å². The van der Waals surface area contributed by atoms with E-state index in [-0.39, 0.29) is 17.9 Å². The zero-order chi connectivity index (χ0) is 13.9. The van der Waals surface area contributed by atoms with Gasteiger partial charge in [0, 0.05) is 0 Å². The van der Waals surface area contributed by atoms with Crippen LogP contribution in [0.5, 0.6) is 0 Å². The third kappa shape index (κ3) is 2.50. The molecule has 1 heterocycles. The maximum Gasteiger partial charge on any atom is 0.249 e. The van der Waals surface area contributed by atoms with Crippen LogP contribution in [0.4, 0.5) is 0 Å². The van der Waals surface area contributed by atoms with Crippen LogP contribution in [-0.2, 0) is 9.59 Å². The molecule has 1 saturated heterocycles. The molecule has 2 atom stereocenters. The van der Waals surface area contributed by atoms with Gasteiger partial charge in [-0.1, -0.05) is 26.2 Å². The second kappa shape index (κ2) is 5.43. The van der Waals surface area contributed by atoms with Crippen LogP contribution in [0.2, 0.25) is 0 Å². The largest absolute Gasteiger partial charge is 0.340 e. The first kappa shape index (κ1) is 14.6. The summed E-state index contributed by atoms with van der Waals surface area (Å²) in [6.45, 7) is 7.34. The number of rotatable bonds is 4. The Morgan fingerprint density at radius 1 is 1.44 bits per heavy atom. The Morgan fingerprint density at radius 2 is 2.06 bits per heavy atom. The minimum atomic E-state index is -0.869. The zero-order valence-corrected chi connectivity index (χ0v) is 11.6. The lowest BCUT2D eigenvalue weighted by atomic mass is 9.93. The van der Waals surface area contributed by atoms with Crippen molar-refractivity contribution in [3.05, 3.63) is 0 Å². The fraction of sp³-hybridized carbons (Fsp3) is 0.714. The summed E-state index contributed by atoms with van der Waals surface area (Å²) in [5.41, 5.74) is -0.869. The van der Waals surface area contributed by atoms with E-state index in [1.54, 1.807) is 18.7 Å². The molecule has 1 aliphatic rings. The highest BCUT2D eigenvalue weighted by atomic mass is 16.2. The highest BCUT2D eigenvalue weighted by Gasteiger charge is 2.46. The molecule has 1 rings (SSSR count). The molecule has 0 bridgehead atoms. The topological polar surface area (TPSA) is 49.4 Å². The Morgan fingerprint density at radius 3 is 2.50 bits per heavy atom. The van der Waals surface area contributed by atoms with E-state index in [4.69, 9.17) is 6.42 Å². The second-order valence-electron chi connectivity index (χ2n) is 5.22. The van der Waals surface area contributed by atoms with E-state index in [1.807, 2.05) is 13.8 Å². The first-order chi connectivity index (χ1) is 8.38. The van der Waals surface area contributed by atoms with Gasteiger partial charge in [-0.3, -0.25) is 9.59 Å². The SMILES string of the molecule is C#CC(CCC)N1C(=O)C(C)(C)NC(=O)C1CC. The van der Waals surface area contributed by atoms with Gasteiger partial charge in [0.05, 0.1) is 6.04 Å². The molecule has 2 unspecified atom stereocenters. The van der Waals surface area contributed by atoms with Crippen molar-refractivity contribution < 1.29 is 9.59 Å². The lowest BCUT2D eigenvalue weighted by Crippen LogP contribution is -2.69. The van der Waals surface area contributed by atoms with E-state index in [0.717, 1.165) is 12.8 Å². The summed E-state index contributed by atoms with van der Waals surface area (Å²) in [7, 11) is 0. The van der Waals surface area contributed by atoms with Crippen molar-refractivity contribution >= 4 is 11.8 Å². The minimum Gasteiger partial charge on any atom is -0.340 e. The normalized spacial score (nSPS) is 24.4. The maximum absolute atomic E-state index is 12.5. The Bertz CT molecular complexity index is 382. The summed E-state index contributed by atoms with van der Waals surface area (Å²) in [6.07, 6.45) is 7.72. The smallest absolute Gasteiger partial charge is 0.249 e. The van der Waals surface area contributed by atoms with Crippen molar-refractivity contribution in [2.24, 2.45) is 0 Å². The first-order valence-electron chi connectivity index (χ1n) is 6.49. The van der Waals surface area contributed by atoms with Gasteiger partial charge in [-0.15, -0.1) is 6.42 Å². The summed E-state index contributed by atoms with van der Waals surface area (Å²) >= 11 is 0. The van der Waals surface area contributed by atoms with Gasteiger partial charge < -0.3 is 10.2 Å². The average molecular weight is 250 g/mol. The summed E-state index contributed by atoms with van der Waals surface area (Å²) in [5.74, 6) is 2.45. The Kier molecular flexibility index (Phi) is 4.39. The molecule has 4 heteroatoms. The maximum atomic E-state index is 12.5. The van der Waals surface area contributed by atoms with Crippen molar-refractivity contribution in [3.8, 4) is 12.3 Å². The van der Waals surface area contributed by atoms with E-state index in [2.05, 4.69) is 11.2 Å². The quantitative estimate of drug-likeness (QED) is 0.765. The standard InChI is InChI=1S/C14H22N2O2/c1-6-9-10(7-2)16-11(8-3)12(17)15-14(4,5)13(16)18/h2,10-11H,6,8-9H2,1,3-5H3,(H,15,17). The number of hydrogen-bond donors (Lipinski definition) is 1. The number of terminal acetylenes is 1. The molecule has 1 fully saturated rings. The van der Waals surface area contributed by atoms with Crippen LogP contribution >= 0.6 is 0 Å². The van der Waals surface area contributed by atoms with Crippen LogP contribution in [-0.4, -0.2) is 34.3 Å². The van der Waals surface area contributed by atoms with Gasteiger partial charge in [0.1, 0.15) is 11.6 Å². The lowest BCUT2D eigenvalue weighted by molar-refractivity contribution is -0.155. The second-order valence-corrected chi connectivity index (χ2v) is 5.22. The molecule has 1 aliphatic heterocycles. The molecule has 0 radical (unpaired) electrons. The highest BCUT2D eigenvalue weighted by Crippen LogP contribution is 2.23. The van der Waals surface area contributed by atoms with Crippen LogP contribution in [0.1, 0.15) is 47.0 Å². The predicted molar refractivity (Wildman–Crippen MR) is 70.7 cm³/mol. The van der Waals surface area contributed by atoms with Crippen molar-refractivity contribution in [2.75, 3.05) is 0 Å². The summed E-state index contributed by atoms with van der Waals surface area (Å²) in [6, 6.07) is -0.740. The molecule has 18 heavy (non-hydrogen) atoms. The summed E-state index contributed by atoms with van der Waals surface area (Å²) in [5, 5.41) is 2.76. The van der Waals surface area contributed by atoms with Crippen molar-refractivity contribution in [3.63, 3.8) is 0 Å². The number of nitrogens with one attached hydrogen (secondary N) is 1. The van der Waals surface area contributed by atoms with E-state index in [1.165, 1.54) is 0 Å². The molecule has 100 valence electrons. The third-order valence-electron chi connectivity index (χ3n) is 3.32. The van der Waals surface area contributed by atoms with E-state index >= 15 is 0 Å². The molecule has 0 aromatic heterocycles. The molecular formula is C14H22N2O2. The van der Waals surface area contributed by atoms with Gasteiger partial charge in [0.2, 0.25) is 11.8 Å². The first-order valence-corrected chi connectivity index (χ1v) is 6.49. The van der Waals surface area contributed by atoms with Crippen LogP contribution in [0.3, 0.4) is 0 Å². The number of piperazine rings is 1. The van der Waals surface area contributed by atoms with Crippen LogP contribution in [0, 0.1) is 12.3 Å². The molecule has 0 spiro atoms. The predicted octanol–water partition coefficient (Wildman–Crippen LogP) is 1.30. The van der Waals surface area contributed by atoms with Gasteiger partial charge >= 0.3 is 0 Å². The van der Waals surface area contributed by atoms with E-state index in [0.29, 0.717) is 6.42 Å². The highest BCUT2D eigenvalue weighted by molar-refractivity contribution is 5.99. The summed E-state index contributed by atoms with van der Waals surface area (Å²) in [4.78, 5) is 26.1. The lowest BCUT2D eigenvalue weighted by Gasteiger charge is -2.45. The molecule has 2 amide bonds. The van der Waals surface area contributed by atoms with Crippen LogP contribution in [0.15, 0.2) is 0 Å². The molecule has 4 nitrogen and oxygen atoms in total. The van der Waals surface area contributed by atoms with Crippen molar-refractivity contribution in [2.45, 2.75) is 64.6 Å². The summed E-state index contributed by atoms with van der Waals surface area (Å²) < 4.78 is 0. The minimum absolute atomic E-state index is 0.0923. The monoisotopic (exact) mass is 250 g/mol. The fourth-order valence-corrected chi connectivity index (χ4v) is 2.35. The Labute approximate surface area is 109 Å². The van der Waals surface area contributed by atoms with Crippen LogP contribution < -0.4 is 5.32 Å². The number of hydrogen-bond acceptors (Lipinski definition) is 2. The van der Waals surface area contributed by atoms with Crippen molar-refractivity contribution in [1.82, 2.24) is 10.2 Å². The average Bonchev–Trinajstić information content (AvgIpc) is 2.30. The van der Waals surface area contributed by atoms with E-state index < -0.39 is 11.6 Å². The third-order valence-corrected chi connectivity index (χ3v) is 3.32. The molecular weight excluding hydrogens is 228 g/mol.